The van der Waals surface area contributed by atoms with Crippen LogP contribution in [0.25, 0.3) is 0 Å². The second-order valence-corrected chi connectivity index (χ2v) is 12.8. The Morgan fingerprint density at radius 2 is 1.72 bits per heavy atom. The Balaban J connectivity index is 1.20. The van der Waals surface area contributed by atoms with Gasteiger partial charge in [0.15, 0.2) is 0 Å². The zero-order chi connectivity index (χ0) is 27.3. The monoisotopic (exact) mass is 631 g/mol. The van der Waals surface area contributed by atoms with Gasteiger partial charge in [-0.3, -0.25) is 9.80 Å². The number of hydrogen-bond acceptors (Lipinski definition) is 6. The average Bonchev–Trinajstić information content (AvgIpc) is 2.93. The van der Waals surface area contributed by atoms with Crippen LogP contribution in [-0.2, 0) is 26.1 Å². The van der Waals surface area contributed by atoms with Crippen LogP contribution in [0.4, 0.5) is 21.0 Å². The van der Waals surface area contributed by atoms with Gasteiger partial charge in [-0.05, 0) is 49.2 Å². The van der Waals surface area contributed by atoms with Crippen molar-refractivity contribution in [2.45, 2.75) is 36.4 Å². The number of anilines is 2. The van der Waals surface area contributed by atoms with Gasteiger partial charge in [-0.25, -0.2) is 18.0 Å². The predicted molar refractivity (Wildman–Crippen MR) is 149 cm³/mol. The lowest BCUT2D eigenvalue weighted by Crippen LogP contribution is -2.50. The van der Waals surface area contributed by atoms with E-state index in [9.17, 15) is 18.0 Å². The molecule has 0 saturated carbocycles. The van der Waals surface area contributed by atoms with Crippen molar-refractivity contribution < 1.29 is 27.5 Å². The van der Waals surface area contributed by atoms with E-state index in [1.165, 1.54) is 33.7 Å². The molecule has 3 aliphatic heterocycles. The number of benzene rings is 2. The summed E-state index contributed by atoms with van der Waals surface area (Å²) in [6.07, 6.45) is 8.61. The maximum absolute atomic E-state index is 13.5. The lowest BCUT2D eigenvalue weighted by atomic mass is 10.0. The van der Waals surface area contributed by atoms with E-state index < -0.39 is 28.3 Å². The Hall–Kier alpha value is -3.12. The van der Waals surface area contributed by atoms with Crippen LogP contribution in [0.1, 0.15) is 18.4 Å². The smallest absolute Gasteiger partial charge is 0.420 e. The van der Waals surface area contributed by atoms with Crippen LogP contribution in [0.2, 0.25) is 5.02 Å². The van der Waals surface area contributed by atoms with Gasteiger partial charge >= 0.3 is 12.2 Å². The molecule has 2 aromatic rings. The number of fused-ring (bicyclic) bond motifs is 2. The maximum atomic E-state index is 13.5. The first-order valence-corrected chi connectivity index (χ1v) is 14.9. The molecule has 0 aromatic heterocycles. The number of nitrogens with zero attached hydrogens (tertiary/aromatic N) is 3. The maximum Gasteiger partial charge on any atom is 0.420 e. The van der Waals surface area contributed by atoms with E-state index in [4.69, 9.17) is 21.1 Å². The van der Waals surface area contributed by atoms with Crippen molar-refractivity contribution in [2.24, 2.45) is 0 Å². The molecule has 9 nitrogen and oxygen atoms in total. The van der Waals surface area contributed by atoms with E-state index >= 15 is 0 Å². The summed E-state index contributed by atoms with van der Waals surface area (Å²) in [5, 5.41) is 0.117. The Morgan fingerprint density at radius 3 is 2.49 bits per heavy atom. The minimum absolute atomic E-state index is 0.0301. The minimum Gasteiger partial charge on any atom is -0.444 e. The molecule has 0 bridgehead atoms. The molecule has 202 valence electrons. The van der Waals surface area contributed by atoms with E-state index in [0.717, 1.165) is 21.3 Å². The second-order valence-electron chi connectivity index (χ2n) is 9.51. The number of ether oxygens (including phenoxy) is 2. The molecule has 0 radical (unpaired) electrons. The van der Waals surface area contributed by atoms with E-state index in [-0.39, 0.29) is 35.7 Å². The Morgan fingerprint density at radius 1 is 0.949 bits per heavy atom. The fourth-order valence-electron chi connectivity index (χ4n) is 5.32. The van der Waals surface area contributed by atoms with Gasteiger partial charge in [0.2, 0.25) is 10.0 Å². The summed E-state index contributed by atoms with van der Waals surface area (Å²) < 4.78 is 39.9. The number of halogens is 2. The summed E-state index contributed by atoms with van der Waals surface area (Å²) >= 11 is 10.00. The highest BCUT2D eigenvalue weighted by atomic mass is 79.9. The van der Waals surface area contributed by atoms with Crippen molar-refractivity contribution in [2.75, 3.05) is 22.9 Å². The van der Waals surface area contributed by atoms with Crippen molar-refractivity contribution >= 4 is 61.1 Å². The number of carbonyl (C=O) groups is 2. The quantitative estimate of drug-likeness (QED) is 0.426. The molecule has 4 aliphatic rings. The zero-order valence-electron chi connectivity index (χ0n) is 20.5. The molecule has 1 fully saturated rings. The summed E-state index contributed by atoms with van der Waals surface area (Å²) in [4.78, 5) is 28.3. The molecular weight excluding hydrogens is 610 g/mol. The van der Waals surface area contributed by atoms with Crippen LogP contribution in [0.15, 0.2) is 81.9 Å². The largest absolute Gasteiger partial charge is 0.444 e. The number of amides is 2. The van der Waals surface area contributed by atoms with Crippen molar-refractivity contribution in [3.8, 4) is 0 Å². The van der Waals surface area contributed by atoms with Crippen molar-refractivity contribution in [3.63, 3.8) is 0 Å². The molecule has 2 aromatic carbocycles. The van der Waals surface area contributed by atoms with Gasteiger partial charge in [0.05, 0.1) is 27.3 Å². The summed E-state index contributed by atoms with van der Waals surface area (Å²) in [7, 11) is -3.87. The highest BCUT2D eigenvalue weighted by molar-refractivity contribution is 9.10. The molecule has 0 spiro atoms. The van der Waals surface area contributed by atoms with Crippen LogP contribution < -0.4 is 9.80 Å². The van der Waals surface area contributed by atoms with Gasteiger partial charge in [-0.1, -0.05) is 51.8 Å². The molecule has 1 saturated heterocycles. The summed E-state index contributed by atoms with van der Waals surface area (Å²) in [6, 6.07) is 9.42. The minimum atomic E-state index is -3.87. The number of sulfonamides is 1. The number of piperidine rings is 1. The molecular formula is C27H23BrClN3O6S. The van der Waals surface area contributed by atoms with Crippen LogP contribution in [0, 0.1) is 0 Å². The third-order valence-corrected chi connectivity index (χ3v) is 9.95. The lowest BCUT2D eigenvalue weighted by molar-refractivity contribution is 0.135. The third-order valence-electron chi connectivity index (χ3n) is 7.26. The standard InChI is InChI=1S/C27H23BrClN3O6S/c28-19-5-7-24-18(13-19)16-38-26(33)31(24)20-9-11-30(12-10-20)39(35,36)21-6-8-25(22(29)14-21)32-23-4-2-1-3-17(23)15-37-27(32)34/h1-8,13-15,20,23H,9-12,16H2. The van der Waals surface area contributed by atoms with Gasteiger partial charge in [-0.15, -0.1) is 0 Å². The number of rotatable bonds is 4. The lowest BCUT2D eigenvalue weighted by Gasteiger charge is -2.39. The fourth-order valence-corrected chi connectivity index (χ4v) is 7.56. The van der Waals surface area contributed by atoms with Gasteiger partial charge in [0.1, 0.15) is 12.9 Å². The van der Waals surface area contributed by atoms with Gasteiger partial charge in [0, 0.05) is 34.7 Å². The van der Waals surface area contributed by atoms with Crippen molar-refractivity contribution in [3.05, 3.63) is 87.6 Å². The van der Waals surface area contributed by atoms with Gasteiger partial charge < -0.3 is 9.47 Å². The molecule has 39 heavy (non-hydrogen) atoms. The Bertz CT molecular complexity index is 1570. The predicted octanol–water partition coefficient (Wildman–Crippen LogP) is 5.75. The van der Waals surface area contributed by atoms with E-state index in [0.29, 0.717) is 18.5 Å². The highest BCUT2D eigenvalue weighted by Crippen LogP contribution is 2.37. The Labute approximate surface area is 239 Å². The van der Waals surface area contributed by atoms with Crippen LogP contribution in [-0.4, -0.2) is 50.1 Å². The molecule has 1 unspecified atom stereocenters. The van der Waals surface area contributed by atoms with Crippen LogP contribution in [0.3, 0.4) is 0 Å². The first-order chi connectivity index (χ1) is 18.7. The molecule has 3 heterocycles. The van der Waals surface area contributed by atoms with Gasteiger partial charge in [0.25, 0.3) is 0 Å². The normalized spacial score (nSPS) is 21.7. The van der Waals surface area contributed by atoms with E-state index in [2.05, 4.69) is 15.9 Å². The average molecular weight is 633 g/mol. The van der Waals surface area contributed by atoms with Gasteiger partial charge in [-0.2, -0.15) is 4.31 Å². The van der Waals surface area contributed by atoms with E-state index in [1.807, 2.05) is 42.5 Å². The first-order valence-electron chi connectivity index (χ1n) is 12.3. The number of hydrogen-bond donors (Lipinski definition) is 0. The third kappa shape index (κ3) is 4.67. The van der Waals surface area contributed by atoms with Crippen molar-refractivity contribution in [1.29, 1.82) is 0 Å². The Kier molecular flexibility index (Phi) is 6.78. The molecule has 6 rings (SSSR count). The van der Waals surface area contributed by atoms with Crippen LogP contribution in [0.5, 0.6) is 0 Å². The van der Waals surface area contributed by atoms with Crippen molar-refractivity contribution in [1.82, 2.24) is 4.31 Å². The summed E-state index contributed by atoms with van der Waals surface area (Å²) in [5.41, 5.74) is 2.81. The zero-order valence-corrected chi connectivity index (χ0v) is 23.7. The fraction of sp³-hybridized carbons (Fsp3) is 0.259. The molecule has 1 aliphatic carbocycles. The molecule has 12 heteroatoms. The van der Waals surface area contributed by atoms with E-state index in [1.54, 1.807) is 4.90 Å². The SMILES string of the molecule is O=C1OCc2cc(Br)ccc2N1C1CCN(S(=O)(=O)c2ccc(N3C(=O)OC=C4C=CC=CC43)c(Cl)c2)CC1. The summed E-state index contributed by atoms with van der Waals surface area (Å²) in [5.74, 6) is 0. The topological polar surface area (TPSA) is 96.5 Å². The number of carbonyl (C=O) groups excluding carboxylic acids is 2. The van der Waals surface area contributed by atoms with Crippen LogP contribution >= 0.6 is 27.5 Å². The molecule has 1 atom stereocenters. The molecule has 2 amide bonds. The number of cyclic esters (lactones) is 2. The summed E-state index contributed by atoms with van der Waals surface area (Å²) in [6.45, 7) is 0.663. The highest BCUT2D eigenvalue weighted by Gasteiger charge is 2.38. The molecule has 0 N–H and O–H groups in total. The second kappa shape index (κ2) is 10.1. The number of allylic oxidation sites excluding steroid dienone is 2. The first kappa shape index (κ1) is 26.1.